The molecule has 1 fully saturated rings. The number of thiocarbonyl (C=S) groups is 1. The van der Waals surface area contributed by atoms with E-state index in [1.165, 1.54) is 0 Å². The molecule has 7 heteroatoms. The third kappa shape index (κ3) is 4.18. The van der Waals surface area contributed by atoms with Crippen molar-refractivity contribution >= 4 is 46.5 Å². The highest BCUT2D eigenvalue weighted by Gasteiger charge is 2.38. The van der Waals surface area contributed by atoms with Gasteiger partial charge in [-0.25, -0.2) is 0 Å². The molecule has 3 rings (SSSR count). The van der Waals surface area contributed by atoms with Crippen molar-refractivity contribution in [2.45, 2.75) is 12.6 Å². The highest BCUT2D eigenvalue weighted by molar-refractivity contribution is 7.80. The summed E-state index contributed by atoms with van der Waals surface area (Å²) in [6.07, 6.45) is 0. The van der Waals surface area contributed by atoms with Gasteiger partial charge in [-0.15, -0.1) is 0 Å². The summed E-state index contributed by atoms with van der Waals surface area (Å²) in [4.78, 5) is 12.8. The van der Waals surface area contributed by atoms with E-state index in [1.807, 2.05) is 30.3 Å². The maximum absolute atomic E-state index is 12.8. The number of esters is 1. The van der Waals surface area contributed by atoms with Crippen LogP contribution in [-0.4, -0.2) is 11.1 Å². The topological polar surface area (TPSA) is 50.4 Å². The van der Waals surface area contributed by atoms with Gasteiger partial charge in [-0.2, -0.15) is 0 Å². The highest BCUT2D eigenvalue weighted by atomic mass is 35.5. The monoisotopic (exact) mass is 406 g/mol. The van der Waals surface area contributed by atoms with Crippen molar-refractivity contribution in [2.75, 3.05) is 0 Å². The molecular weight excluding hydrogens is 391 g/mol. The summed E-state index contributed by atoms with van der Waals surface area (Å²) in [7, 11) is 0. The van der Waals surface area contributed by atoms with E-state index < -0.39 is 17.9 Å². The smallest absolute Gasteiger partial charge is 0.317 e. The number of hydrogen-bond acceptors (Lipinski definition) is 3. The van der Waals surface area contributed by atoms with Crippen LogP contribution < -0.4 is 10.6 Å². The molecular formula is C19H16Cl2N2O2S. The van der Waals surface area contributed by atoms with Crippen molar-refractivity contribution in [2.24, 2.45) is 5.92 Å². The Bertz CT molecular complexity index is 858. The number of carbonyl (C=O) groups is 1. The van der Waals surface area contributed by atoms with Crippen LogP contribution in [0.15, 0.2) is 60.8 Å². The number of halogens is 2. The van der Waals surface area contributed by atoms with Crippen LogP contribution in [0.4, 0.5) is 0 Å². The second kappa shape index (κ2) is 8.08. The first kappa shape index (κ1) is 18.7. The lowest BCUT2D eigenvalue weighted by molar-refractivity contribution is -0.149. The van der Waals surface area contributed by atoms with Crippen LogP contribution in [0.25, 0.3) is 0 Å². The molecule has 0 unspecified atom stereocenters. The standard InChI is InChI=1S/C19H16Cl2N2O2S/c1-11-16(18(24)25-10-12-5-3-2-4-6-12)17(23-19(26)22-11)13-7-8-14(20)15(21)9-13/h2-9,16-17H,1,10H2,(H2,22,23,26)/t16-,17-/m0/s1. The molecule has 26 heavy (non-hydrogen) atoms. The Hall–Kier alpha value is -2.08. The van der Waals surface area contributed by atoms with Gasteiger partial charge < -0.3 is 15.4 Å². The molecule has 0 bridgehead atoms. The summed E-state index contributed by atoms with van der Waals surface area (Å²) >= 11 is 17.3. The van der Waals surface area contributed by atoms with Gasteiger partial charge in [0.25, 0.3) is 0 Å². The molecule has 0 saturated carbocycles. The fourth-order valence-electron chi connectivity index (χ4n) is 2.76. The fourth-order valence-corrected chi connectivity index (χ4v) is 3.33. The number of carbonyl (C=O) groups excluding carboxylic acids is 1. The second-order valence-corrected chi connectivity index (χ2v) is 7.07. The van der Waals surface area contributed by atoms with Crippen molar-refractivity contribution in [1.29, 1.82) is 0 Å². The Morgan fingerprint density at radius 2 is 1.88 bits per heavy atom. The van der Waals surface area contributed by atoms with E-state index in [4.69, 9.17) is 40.2 Å². The molecule has 2 N–H and O–H groups in total. The van der Waals surface area contributed by atoms with E-state index in [2.05, 4.69) is 17.2 Å². The van der Waals surface area contributed by atoms with Gasteiger partial charge >= 0.3 is 5.97 Å². The maximum atomic E-state index is 12.8. The Balaban J connectivity index is 1.83. The van der Waals surface area contributed by atoms with Crippen LogP contribution in [0.1, 0.15) is 17.2 Å². The van der Waals surface area contributed by atoms with E-state index in [0.717, 1.165) is 11.1 Å². The average Bonchev–Trinajstić information content (AvgIpc) is 2.62. The van der Waals surface area contributed by atoms with Gasteiger partial charge in [-0.1, -0.05) is 66.2 Å². The van der Waals surface area contributed by atoms with Crippen LogP contribution in [0.5, 0.6) is 0 Å². The summed E-state index contributed by atoms with van der Waals surface area (Å²) in [5.41, 5.74) is 2.15. The lowest BCUT2D eigenvalue weighted by Gasteiger charge is -2.35. The molecule has 4 nitrogen and oxygen atoms in total. The predicted molar refractivity (Wildman–Crippen MR) is 107 cm³/mol. The quantitative estimate of drug-likeness (QED) is 0.582. The largest absolute Gasteiger partial charge is 0.460 e. The van der Waals surface area contributed by atoms with Crippen LogP contribution >= 0.6 is 35.4 Å². The minimum atomic E-state index is -0.664. The van der Waals surface area contributed by atoms with Crippen LogP contribution in [0.2, 0.25) is 10.0 Å². The molecule has 1 saturated heterocycles. The summed E-state index contributed by atoms with van der Waals surface area (Å²) in [6, 6.07) is 14.2. The van der Waals surface area contributed by atoms with E-state index in [-0.39, 0.29) is 6.61 Å². The molecule has 0 amide bonds. The summed E-state index contributed by atoms with van der Waals surface area (Å²) in [5.74, 6) is -1.07. The number of nitrogens with one attached hydrogen (secondary N) is 2. The minimum Gasteiger partial charge on any atom is -0.460 e. The zero-order valence-electron chi connectivity index (χ0n) is 13.7. The molecule has 0 radical (unpaired) electrons. The zero-order valence-corrected chi connectivity index (χ0v) is 16.0. The van der Waals surface area contributed by atoms with Crippen molar-refractivity contribution in [3.8, 4) is 0 Å². The Labute approximate surface area is 167 Å². The van der Waals surface area contributed by atoms with Crippen molar-refractivity contribution in [3.05, 3.63) is 82.0 Å². The molecule has 1 heterocycles. The zero-order chi connectivity index (χ0) is 18.7. The molecule has 2 aromatic rings. The predicted octanol–water partition coefficient (Wildman–Crippen LogP) is 4.39. The Morgan fingerprint density at radius 1 is 1.15 bits per heavy atom. The van der Waals surface area contributed by atoms with Gasteiger partial charge in [-0.05, 0) is 35.5 Å². The van der Waals surface area contributed by atoms with Crippen LogP contribution in [-0.2, 0) is 16.1 Å². The molecule has 1 aliphatic heterocycles. The molecule has 2 atom stereocenters. The van der Waals surface area contributed by atoms with E-state index in [0.29, 0.717) is 20.9 Å². The third-order valence-electron chi connectivity index (χ3n) is 4.05. The van der Waals surface area contributed by atoms with Crippen molar-refractivity contribution < 1.29 is 9.53 Å². The van der Waals surface area contributed by atoms with Gasteiger partial charge in [-0.3, -0.25) is 4.79 Å². The van der Waals surface area contributed by atoms with Gasteiger partial charge in [0.05, 0.1) is 16.1 Å². The number of hydrogen-bond donors (Lipinski definition) is 2. The minimum absolute atomic E-state index is 0.183. The van der Waals surface area contributed by atoms with Crippen molar-refractivity contribution in [1.82, 2.24) is 10.6 Å². The van der Waals surface area contributed by atoms with Crippen LogP contribution in [0, 0.1) is 5.92 Å². The number of rotatable bonds is 4. The molecule has 0 aliphatic carbocycles. The maximum Gasteiger partial charge on any atom is 0.317 e. The summed E-state index contributed by atoms with van der Waals surface area (Å²) in [6.45, 7) is 4.12. The number of ether oxygens (including phenoxy) is 1. The van der Waals surface area contributed by atoms with E-state index >= 15 is 0 Å². The first-order chi connectivity index (χ1) is 12.5. The SMILES string of the molecule is C=C1NC(=S)N[C@@H](c2ccc(Cl)c(Cl)c2)[C@H]1C(=O)OCc1ccccc1. The summed E-state index contributed by atoms with van der Waals surface area (Å²) < 4.78 is 5.50. The van der Waals surface area contributed by atoms with Gasteiger partial charge in [0.2, 0.25) is 0 Å². The lowest BCUT2D eigenvalue weighted by Crippen LogP contribution is -2.50. The van der Waals surface area contributed by atoms with E-state index in [9.17, 15) is 4.79 Å². The molecule has 1 aliphatic rings. The first-order valence-electron chi connectivity index (χ1n) is 7.87. The normalized spacial score (nSPS) is 19.5. The highest BCUT2D eigenvalue weighted by Crippen LogP contribution is 2.33. The molecule has 2 aromatic carbocycles. The molecule has 0 spiro atoms. The average molecular weight is 407 g/mol. The molecule has 0 aromatic heterocycles. The fraction of sp³-hybridized carbons (Fsp3) is 0.158. The van der Waals surface area contributed by atoms with Gasteiger partial charge in [0.15, 0.2) is 5.11 Å². The summed E-state index contributed by atoms with van der Waals surface area (Å²) in [5, 5.41) is 7.22. The van der Waals surface area contributed by atoms with Crippen molar-refractivity contribution in [3.63, 3.8) is 0 Å². The second-order valence-electron chi connectivity index (χ2n) is 5.85. The van der Waals surface area contributed by atoms with Gasteiger partial charge in [0, 0.05) is 5.70 Å². The lowest BCUT2D eigenvalue weighted by atomic mass is 9.89. The number of benzene rings is 2. The van der Waals surface area contributed by atoms with Crippen LogP contribution in [0.3, 0.4) is 0 Å². The Kier molecular flexibility index (Phi) is 5.81. The van der Waals surface area contributed by atoms with Gasteiger partial charge in [0.1, 0.15) is 12.5 Å². The van der Waals surface area contributed by atoms with E-state index in [1.54, 1.807) is 18.2 Å². The third-order valence-corrected chi connectivity index (χ3v) is 5.01. The first-order valence-corrected chi connectivity index (χ1v) is 9.04. The Morgan fingerprint density at radius 3 is 2.58 bits per heavy atom. The molecule has 134 valence electrons.